The molecule has 0 unspecified atom stereocenters. The Morgan fingerprint density at radius 3 is 2.08 bits per heavy atom. The van der Waals surface area contributed by atoms with E-state index in [1.165, 1.54) is 7.11 Å². The molecule has 0 aromatic heterocycles. The second-order valence-corrected chi connectivity index (χ2v) is 3.02. The molecule has 13 heavy (non-hydrogen) atoms. The van der Waals surface area contributed by atoms with Crippen LogP contribution in [0.15, 0.2) is 0 Å². The minimum absolute atomic E-state index is 0.0462. The van der Waals surface area contributed by atoms with Crippen molar-refractivity contribution in [3.05, 3.63) is 0 Å². The van der Waals surface area contributed by atoms with Gasteiger partial charge in [0.1, 0.15) is 6.04 Å². The summed E-state index contributed by atoms with van der Waals surface area (Å²) >= 11 is 0. The van der Waals surface area contributed by atoms with Crippen molar-refractivity contribution in [3.8, 4) is 0 Å². The van der Waals surface area contributed by atoms with Crippen molar-refractivity contribution >= 4 is 12.0 Å². The molecule has 0 heterocycles. The van der Waals surface area contributed by atoms with Gasteiger partial charge in [-0.3, -0.25) is 0 Å². The monoisotopic (exact) mass is 188 g/mol. The zero-order chi connectivity index (χ0) is 10.4. The molecular formula is C8H16N2O3. The minimum atomic E-state index is -0.622. The number of amides is 2. The van der Waals surface area contributed by atoms with Gasteiger partial charge in [0.25, 0.3) is 0 Å². The summed E-state index contributed by atoms with van der Waals surface area (Å²) in [7, 11) is 1.28. The van der Waals surface area contributed by atoms with Crippen LogP contribution in [0.1, 0.15) is 20.8 Å². The first-order valence-corrected chi connectivity index (χ1v) is 4.12. The van der Waals surface area contributed by atoms with Crippen LogP contribution in [0.5, 0.6) is 0 Å². The summed E-state index contributed by atoms with van der Waals surface area (Å²) in [5.41, 5.74) is 0. The maximum absolute atomic E-state index is 11.1. The van der Waals surface area contributed by atoms with Gasteiger partial charge in [-0.2, -0.15) is 0 Å². The van der Waals surface area contributed by atoms with Gasteiger partial charge in [0.15, 0.2) is 0 Å². The quantitative estimate of drug-likeness (QED) is 0.624. The Bertz CT molecular complexity index is 192. The van der Waals surface area contributed by atoms with Gasteiger partial charge in [-0.25, -0.2) is 9.59 Å². The lowest BCUT2D eigenvalue weighted by Gasteiger charge is -2.13. The fourth-order valence-corrected chi connectivity index (χ4v) is 0.736. The van der Waals surface area contributed by atoms with Crippen LogP contribution in [0.25, 0.3) is 0 Å². The van der Waals surface area contributed by atoms with E-state index >= 15 is 0 Å². The third-order valence-electron chi connectivity index (χ3n) is 1.32. The topological polar surface area (TPSA) is 67.4 Å². The molecule has 0 aliphatic heterocycles. The molecule has 0 radical (unpaired) electrons. The molecule has 5 heteroatoms. The molecule has 76 valence electrons. The Morgan fingerprint density at radius 2 is 1.69 bits per heavy atom. The number of urea groups is 1. The molecular weight excluding hydrogens is 172 g/mol. The smallest absolute Gasteiger partial charge is 0.328 e. The van der Waals surface area contributed by atoms with E-state index in [2.05, 4.69) is 15.4 Å². The highest BCUT2D eigenvalue weighted by atomic mass is 16.5. The predicted molar refractivity (Wildman–Crippen MR) is 48.3 cm³/mol. The summed E-state index contributed by atoms with van der Waals surface area (Å²) in [6, 6.07) is -0.943. The average molecular weight is 188 g/mol. The first kappa shape index (κ1) is 11.7. The fourth-order valence-electron chi connectivity index (χ4n) is 0.736. The summed E-state index contributed by atoms with van der Waals surface area (Å²) in [4.78, 5) is 21.9. The normalized spacial score (nSPS) is 12.1. The number of esters is 1. The van der Waals surface area contributed by atoms with Crippen LogP contribution < -0.4 is 10.6 Å². The summed E-state index contributed by atoms with van der Waals surface area (Å²) in [6.07, 6.45) is 0. The van der Waals surface area contributed by atoms with E-state index in [0.717, 1.165) is 0 Å². The van der Waals surface area contributed by atoms with Gasteiger partial charge in [0, 0.05) is 6.04 Å². The minimum Gasteiger partial charge on any atom is -0.467 e. The molecule has 0 rings (SSSR count). The SMILES string of the molecule is COC(=O)[C@@H](C)NC(=O)NC(C)C. The summed E-state index contributed by atoms with van der Waals surface area (Å²) in [5, 5.41) is 5.03. The Hall–Kier alpha value is -1.26. The molecule has 0 spiro atoms. The highest BCUT2D eigenvalue weighted by molar-refractivity contribution is 5.83. The van der Waals surface area contributed by atoms with Crippen LogP contribution in [0, 0.1) is 0 Å². The van der Waals surface area contributed by atoms with E-state index in [-0.39, 0.29) is 12.1 Å². The van der Waals surface area contributed by atoms with Crippen LogP contribution in [0.2, 0.25) is 0 Å². The fraction of sp³-hybridized carbons (Fsp3) is 0.750. The summed E-state index contributed by atoms with van der Waals surface area (Å²) < 4.78 is 4.44. The first-order valence-electron chi connectivity index (χ1n) is 4.12. The molecule has 0 aliphatic carbocycles. The zero-order valence-electron chi connectivity index (χ0n) is 8.38. The Balaban J connectivity index is 3.85. The van der Waals surface area contributed by atoms with E-state index in [0.29, 0.717) is 0 Å². The number of carbonyl (C=O) groups is 2. The highest BCUT2D eigenvalue weighted by Crippen LogP contribution is 1.86. The largest absolute Gasteiger partial charge is 0.467 e. The maximum atomic E-state index is 11.1. The molecule has 0 saturated carbocycles. The van der Waals surface area contributed by atoms with Gasteiger partial charge in [-0.15, -0.1) is 0 Å². The lowest BCUT2D eigenvalue weighted by atomic mass is 10.3. The lowest BCUT2D eigenvalue weighted by molar-refractivity contribution is -0.142. The van der Waals surface area contributed by atoms with Crippen LogP contribution in [0.4, 0.5) is 4.79 Å². The van der Waals surface area contributed by atoms with Crippen molar-refractivity contribution in [2.24, 2.45) is 0 Å². The molecule has 5 nitrogen and oxygen atoms in total. The van der Waals surface area contributed by atoms with Crippen molar-refractivity contribution < 1.29 is 14.3 Å². The van der Waals surface area contributed by atoms with Crippen LogP contribution >= 0.6 is 0 Å². The summed E-state index contributed by atoms with van der Waals surface area (Å²) in [6.45, 7) is 5.23. The highest BCUT2D eigenvalue weighted by Gasteiger charge is 2.15. The van der Waals surface area contributed by atoms with Gasteiger partial charge >= 0.3 is 12.0 Å². The van der Waals surface area contributed by atoms with Crippen molar-refractivity contribution in [1.29, 1.82) is 0 Å². The molecule has 0 aliphatic rings. The van der Waals surface area contributed by atoms with Gasteiger partial charge in [0.2, 0.25) is 0 Å². The van der Waals surface area contributed by atoms with Crippen molar-refractivity contribution in [2.75, 3.05) is 7.11 Å². The third-order valence-corrected chi connectivity index (χ3v) is 1.32. The van der Waals surface area contributed by atoms with Gasteiger partial charge in [-0.05, 0) is 20.8 Å². The van der Waals surface area contributed by atoms with Crippen molar-refractivity contribution in [3.63, 3.8) is 0 Å². The molecule has 1 atom stereocenters. The predicted octanol–water partition coefficient (Wildman–Crippen LogP) is 0.255. The van der Waals surface area contributed by atoms with E-state index < -0.39 is 12.0 Å². The number of ether oxygens (including phenoxy) is 1. The second-order valence-electron chi connectivity index (χ2n) is 3.02. The number of hydrogen-bond acceptors (Lipinski definition) is 3. The zero-order valence-corrected chi connectivity index (χ0v) is 8.38. The van der Waals surface area contributed by atoms with Crippen LogP contribution in [-0.4, -0.2) is 31.2 Å². The van der Waals surface area contributed by atoms with E-state index in [4.69, 9.17) is 0 Å². The second kappa shape index (κ2) is 5.40. The maximum Gasteiger partial charge on any atom is 0.328 e. The Labute approximate surface area is 77.8 Å². The van der Waals surface area contributed by atoms with Crippen LogP contribution in [-0.2, 0) is 9.53 Å². The number of nitrogens with one attached hydrogen (secondary N) is 2. The molecule has 0 aromatic rings. The molecule has 0 fully saturated rings. The first-order chi connectivity index (χ1) is 5.97. The van der Waals surface area contributed by atoms with Gasteiger partial charge in [-0.1, -0.05) is 0 Å². The molecule has 2 N–H and O–H groups in total. The molecule has 0 saturated heterocycles. The number of rotatable bonds is 3. The standard InChI is InChI=1S/C8H16N2O3/c1-5(2)9-8(12)10-6(3)7(11)13-4/h5-6H,1-4H3,(H2,9,10,12)/t6-/m1/s1. The Kier molecular flexibility index (Phi) is 4.87. The van der Waals surface area contributed by atoms with E-state index in [9.17, 15) is 9.59 Å². The van der Waals surface area contributed by atoms with E-state index in [1.807, 2.05) is 13.8 Å². The number of hydrogen-bond donors (Lipinski definition) is 2. The van der Waals surface area contributed by atoms with Gasteiger partial charge < -0.3 is 15.4 Å². The lowest BCUT2D eigenvalue weighted by Crippen LogP contribution is -2.46. The third kappa shape index (κ3) is 5.05. The average Bonchev–Trinajstić information content (AvgIpc) is 2.01. The van der Waals surface area contributed by atoms with Crippen molar-refractivity contribution in [1.82, 2.24) is 10.6 Å². The van der Waals surface area contributed by atoms with Crippen LogP contribution in [0.3, 0.4) is 0 Å². The van der Waals surface area contributed by atoms with Gasteiger partial charge in [0.05, 0.1) is 7.11 Å². The van der Waals surface area contributed by atoms with Crippen molar-refractivity contribution in [2.45, 2.75) is 32.9 Å². The van der Waals surface area contributed by atoms with E-state index in [1.54, 1.807) is 6.92 Å². The Morgan fingerprint density at radius 1 is 1.15 bits per heavy atom. The number of methoxy groups -OCH3 is 1. The number of carbonyl (C=O) groups excluding carboxylic acids is 2. The molecule has 0 bridgehead atoms. The molecule has 2 amide bonds. The molecule has 0 aromatic carbocycles. The summed E-state index contributed by atoms with van der Waals surface area (Å²) in [5.74, 6) is -0.459.